The Morgan fingerprint density at radius 1 is 1.33 bits per heavy atom. The first-order chi connectivity index (χ1) is 6.85. The van der Waals surface area contributed by atoms with Gasteiger partial charge in [0.2, 0.25) is 0 Å². The van der Waals surface area contributed by atoms with E-state index in [-0.39, 0.29) is 10.4 Å². The van der Waals surface area contributed by atoms with Gasteiger partial charge in [-0.05, 0) is 0 Å². The van der Waals surface area contributed by atoms with E-state index in [4.69, 9.17) is 11.6 Å². The molecule has 3 nitrogen and oxygen atoms in total. The third-order valence-electron chi connectivity index (χ3n) is 1.51. The third kappa shape index (κ3) is 3.01. The van der Waals surface area contributed by atoms with E-state index in [1.165, 1.54) is 0 Å². The molecule has 0 aliphatic heterocycles. The van der Waals surface area contributed by atoms with Crippen molar-refractivity contribution in [3.05, 3.63) is 11.4 Å². The second kappa shape index (κ2) is 4.30. The molecule has 15 heavy (non-hydrogen) atoms. The minimum absolute atomic E-state index is 0.113. The van der Waals surface area contributed by atoms with E-state index < -0.39 is 30.7 Å². The monoisotopic (exact) mass is 249 g/mol. The van der Waals surface area contributed by atoms with Crippen molar-refractivity contribution >= 4 is 11.6 Å². The molecule has 0 fully saturated rings. The van der Waals surface area contributed by atoms with Crippen molar-refractivity contribution in [2.24, 2.45) is 0 Å². The van der Waals surface area contributed by atoms with Gasteiger partial charge in [-0.2, -0.15) is 13.2 Å². The van der Waals surface area contributed by atoms with Crippen LogP contribution < -0.4 is 0 Å². The lowest BCUT2D eigenvalue weighted by atomic mass is 10.3. The normalized spacial score (nSPS) is 12.5. The fourth-order valence-corrected chi connectivity index (χ4v) is 1.17. The molecule has 1 rings (SSSR count). The lowest BCUT2D eigenvalue weighted by Gasteiger charge is -2.08. The molecule has 0 aliphatic carbocycles. The van der Waals surface area contributed by atoms with Gasteiger partial charge in [-0.3, -0.25) is 0 Å². The summed E-state index contributed by atoms with van der Waals surface area (Å²) in [5, 5.41) is 6.12. The molecule has 0 saturated heterocycles. The maximum Gasteiger partial charge on any atom is 0.408 e. The van der Waals surface area contributed by atoms with Crippen LogP contribution in [0.2, 0.25) is 0 Å². The minimum Gasteiger partial charge on any atom is -0.234 e. The SMILES string of the molecule is FC(F)c1c(CCl)nnn1CC(F)(F)F. The summed E-state index contributed by atoms with van der Waals surface area (Å²) in [6.45, 7) is -1.60. The summed E-state index contributed by atoms with van der Waals surface area (Å²) in [6, 6.07) is 0. The van der Waals surface area contributed by atoms with E-state index in [0.717, 1.165) is 0 Å². The number of hydrogen-bond donors (Lipinski definition) is 0. The van der Waals surface area contributed by atoms with Crippen LogP contribution in [0.25, 0.3) is 0 Å². The van der Waals surface area contributed by atoms with Crippen molar-refractivity contribution < 1.29 is 22.0 Å². The van der Waals surface area contributed by atoms with Crippen molar-refractivity contribution in [1.82, 2.24) is 15.0 Å². The average Bonchev–Trinajstić information content (AvgIpc) is 2.44. The minimum atomic E-state index is -4.62. The Kier molecular flexibility index (Phi) is 3.48. The molecule has 1 aromatic heterocycles. The van der Waals surface area contributed by atoms with E-state index in [1.807, 2.05) is 0 Å². The van der Waals surface area contributed by atoms with Gasteiger partial charge >= 0.3 is 6.18 Å². The zero-order valence-corrected chi connectivity index (χ0v) is 7.86. The van der Waals surface area contributed by atoms with Gasteiger partial charge in [-0.25, -0.2) is 13.5 Å². The number of aromatic nitrogens is 3. The summed E-state index contributed by atoms with van der Waals surface area (Å²) < 4.78 is 60.6. The Labute approximate surface area is 85.8 Å². The van der Waals surface area contributed by atoms with Crippen LogP contribution in [0.5, 0.6) is 0 Å². The molecular weight excluding hydrogens is 245 g/mol. The van der Waals surface area contributed by atoms with Crippen molar-refractivity contribution in [2.75, 3.05) is 0 Å². The zero-order chi connectivity index (χ0) is 11.6. The van der Waals surface area contributed by atoms with Gasteiger partial charge in [0.25, 0.3) is 6.43 Å². The van der Waals surface area contributed by atoms with Gasteiger partial charge in [-0.1, -0.05) is 5.21 Å². The highest BCUT2D eigenvalue weighted by Gasteiger charge is 2.32. The van der Waals surface area contributed by atoms with Crippen LogP contribution in [-0.4, -0.2) is 21.2 Å². The number of hydrogen-bond acceptors (Lipinski definition) is 2. The predicted molar refractivity (Wildman–Crippen MR) is 40.6 cm³/mol. The molecule has 0 aromatic carbocycles. The molecule has 0 radical (unpaired) electrons. The number of alkyl halides is 6. The average molecular weight is 250 g/mol. The molecule has 86 valence electrons. The summed E-state index contributed by atoms with van der Waals surface area (Å²) in [4.78, 5) is 0. The molecule has 0 spiro atoms. The lowest BCUT2D eigenvalue weighted by molar-refractivity contribution is -0.144. The highest BCUT2D eigenvalue weighted by atomic mass is 35.5. The summed E-state index contributed by atoms with van der Waals surface area (Å²) in [7, 11) is 0. The molecular formula is C6H5ClF5N3. The fraction of sp³-hybridized carbons (Fsp3) is 0.667. The molecule has 0 amide bonds. The largest absolute Gasteiger partial charge is 0.408 e. The Morgan fingerprint density at radius 3 is 2.33 bits per heavy atom. The van der Waals surface area contributed by atoms with Gasteiger partial charge in [0.15, 0.2) is 0 Å². The van der Waals surface area contributed by atoms with Gasteiger partial charge < -0.3 is 0 Å². The molecule has 1 aromatic rings. The van der Waals surface area contributed by atoms with Crippen LogP contribution in [0.3, 0.4) is 0 Å². The zero-order valence-electron chi connectivity index (χ0n) is 7.10. The van der Waals surface area contributed by atoms with Crippen LogP contribution >= 0.6 is 11.6 Å². The van der Waals surface area contributed by atoms with Crippen molar-refractivity contribution in [1.29, 1.82) is 0 Å². The van der Waals surface area contributed by atoms with E-state index in [1.54, 1.807) is 0 Å². The van der Waals surface area contributed by atoms with Crippen LogP contribution in [0.15, 0.2) is 0 Å². The first kappa shape index (κ1) is 12.2. The topological polar surface area (TPSA) is 30.7 Å². The molecule has 9 heteroatoms. The molecule has 0 aliphatic rings. The van der Waals surface area contributed by atoms with Crippen LogP contribution in [0, 0.1) is 0 Å². The summed E-state index contributed by atoms with van der Waals surface area (Å²) in [5.41, 5.74) is -1.22. The highest BCUT2D eigenvalue weighted by molar-refractivity contribution is 6.16. The first-order valence-electron chi connectivity index (χ1n) is 3.68. The summed E-state index contributed by atoms with van der Waals surface area (Å²) in [6.07, 6.45) is -7.71. The van der Waals surface area contributed by atoms with Crippen molar-refractivity contribution in [3.8, 4) is 0 Å². The highest BCUT2D eigenvalue weighted by Crippen LogP contribution is 2.25. The van der Waals surface area contributed by atoms with Crippen LogP contribution in [0.1, 0.15) is 17.8 Å². The third-order valence-corrected chi connectivity index (χ3v) is 1.76. The number of rotatable bonds is 3. The first-order valence-corrected chi connectivity index (χ1v) is 4.21. The number of halogens is 6. The molecule has 0 saturated carbocycles. The van der Waals surface area contributed by atoms with E-state index in [2.05, 4.69) is 10.3 Å². The molecule has 0 N–H and O–H groups in total. The molecule has 1 heterocycles. The Hall–Kier alpha value is -0.920. The molecule has 0 atom stereocenters. The van der Waals surface area contributed by atoms with Gasteiger partial charge in [0.05, 0.1) is 5.88 Å². The van der Waals surface area contributed by atoms with Crippen LogP contribution in [0.4, 0.5) is 22.0 Å². The summed E-state index contributed by atoms with van der Waals surface area (Å²) in [5.74, 6) is -0.405. The molecule has 0 bridgehead atoms. The maximum atomic E-state index is 12.4. The second-order valence-electron chi connectivity index (χ2n) is 2.63. The predicted octanol–water partition coefficient (Wildman–Crippen LogP) is 2.52. The van der Waals surface area contributed by atoms with E-state index >= 15 is 0 Å². The van der Waals surface area contributed by atoms with Crippen molar-refractivity contribution in [2.45, 2.75) is 25.0 Å². The lowest BCUT2D eigenvalue weighted by Crippen LogP contribution is -2.20. The smallest absolute Gasteiger partial charge is 0.234 e. The number of nitrogens with zero attached hydrogens (tertiary/aromatic N) is 3. The maximum absolute atomic E-state index is 12.4. The van der Waals surface area contributed by atoms with E-state index in [9.17, 15) is 22.0 Å². The Morgan fingerprint density at radius 2 is 1.93 bits per heavy atom. The second-order valence-corrected chi connectivity index (χ2v) is 2.90. The standard InChI is InChI=1S/C6H5ClF5N3/c7-1-3-4(5(8)9)15(14-13-3)2-6(10,11)12/h5H,1-2H2. The van der Waals surface area contributed by atoms with Gasteiger partial charge in [0, 0.05) is 0 Å². The van der Waals surface area contributed by atoms with Crippen molar-refractivity contribution in [3.63, 3.8) is 0 Å². The Balaban J connectivity index is 3.03. The fourth-order valence-electron chi connectivity index (χ4n) is 0.977. The van der Waals surface area contributed by atoms with Crippen LogP contribution in [-0.2, 0) is 12.4 Å². The quantitative estimate of drug-likeness (QED) is 0.609. The van der Waals surface area contributed by atoms with Gasteiger partial charge in [0.1, 0.15) is 17.9 Å². The van der Waals surface area contributed by atoms with Gasteiger partial charge in [-0.15, -0.1) is 16.7 Å². The summed E-state index contributed by atoms with van der Waals surface area (Å²) >= 11 is 5.23. The van der Waals surface area contributed by atoms with E-state index in [0.29, 0.717) is 0 Å². The Bertz CT molecular complexity index is 334. The molecule has 0 unspecified atom stereocenters.